The molecule has 19 heavy (non-hydrogen) atoms. The lowest BCUT2D eigenvalue weighted by Gasteiger charge is -2.31. The second kappa shape index (κ2) is 4.47. The number of hydrogen-bond acceptors (Lipinski definition) is 1. The first-order chi connectivity index (χ1) is 9.05. The van der Waals surface area contributed by atoms with Crippen molar-refractivity contribution < 1.29 is 4.79 Å². The third kappa shape index (κ3) is 1.86. The second-order valence-electron chi connectivity index (χ2n) is 6.83. The van der Waals surface area contributed by atoms with Gasteiger partial charge in [0.2, 0.25) is 0 Å². The van der Waals surface area contributed by atoms with Crippen LogP contribution in [0.4, 0.5) is 0 Å². The predicted octanol–water partition coefficient (Wildman–Crippen LogP) is 4.81. The molecule has 1 spiro atoms. The van der Waals surface area contributed by atoms with Crippen LogP contribution in [0.1, 0.15) is 78.9 Å². The molecule has 1 nitrogen and oxygen atoms in total. The molecule has 1 aromatic rings. The molecule has 1 aromatic carbocycles. The summed E-state index contributed by atoms with van der Waals surface area (Å²) in [5.41, 5.74) is 5.01. The van der Waals surface area contributed by atoms with Crippen LogP contribution in [0.2, 0.25) is 0 Å². The van der Waals surface area contributed by atoms with E-state index in [2.05, 4.69) is 32.9 Å². The first-order valence-corrected chi connectivity index (χ1v) is 7.72. The smallest absolute Gasteiger partial charge is 0.169 e. The summed E-state index contributed by atoms with van der Waals surface area (Å²) in [6, 6.07) is 4.39. The normalized spacial score (nSPS) is 21.2. The lowest BCUT2D eigenvalue weighted by Crippen LogP contribution is -2.30. The van der Waals surface area contributed by atoms with Crippen LogP contribution in [-0.2, 0) is 6.42 Å². The van der Waals surface area contributed by atoms with Gasteiger partial charge in [-0.2, -0.15) is 0 Å². The van der Waals surface area contributed by atoms with Crippen LogP contribution in [0, 0.1) is 12.3 Å². The predicted molar refractivity (Wildman–Crippen MR) is 78.8 cm³/mol. The van der Waals surface area contributed by atoms with E-state index in [0.717, 1.165) is 24.8 Å². The van der Waals surface area contributed by atoms with E-state index in [0.29, 0.717) is 11.7 Å². The topological polar surface area (TPSA) is 17.1 Å². The highest BCUT2D eigenvalue weighted by Crippen LogP contribution is 2.49. The Morgan fingerprint density at radius 3 is 2.42 bits per heavy atom. The van der Waals surface area contributed by atoms with Crippen molar-refractivity contribution in [3.05, 3.63) is 34.4 Å². The summed E-state index contributed by atoms with van der Waals surface area (Å²) in [5, 5.41) is 0. The standard InChI is InChI=1S/C18H24O/c1-12(2)14-8-7-13(3)15-11-18(17(19)16(14)15)9-5-4-6-10-18/h7-8,12H,4-6,9-11H2,1-3H3. The third-order valence-corrected chi connectivity index (χ3v) is 5.24. The van der Waals surface area contributed by atoms with Gasteiger partial charge in [0.05, 0.1) is 0 Å². The average molecular weight is 256 g/mol. The molecule has 0 atom stereocenters. The van der Waals surface area contributed by atoms with E-state index in [1.807, 2.05) is 0 Å². The average Bonchev–Trinajstić information content (AvgIpc) is 2.66. The Bertz CT molecular complexity index is 519. The maximum atomic E-state index is 13.1. The van der Waals surface area contributed by atoms with Crippen molar-refractivity contribution in [1.82, 2.24) is 0 Å². The molecule has 0 aliphatic heterocycles. The van der Waals surface area contributed by atoms with Gasteiger partial charge in [0.25, 0.3) is 0 Å². The van der Waals surface area contributed by atoms with Crippen molar-refractivity contribution in [2.45, 2.75) is 65.2 Å². The van der Waals surface area contributed by atoms with Crippen LogP contribution in [0.15, 0.2) is 12.1 Å². The van der Waals surface area contributed by atoms with Crippen molar-refractivity contribution in [1.29, 1.82) is 0 Å². The van der Waals surface area contributed by atoms with Gasteiger partial charge in [0.1, 0.15) is 0 Å². The fourth-order valence-electron chi connectivity index (χ4n) is 4.06. The molecule has 102 valence electrons. The van der Waals surface area contributed by atoms with Gasteiger partial charge in [-0.1, -0.05) is 45.2 Å². The Morgan fingerprint density at radius 2 is 1.79 bits per heavy atom. The highest BCUT2D eigenvalue weighted by molar-refractivity contribution is 6.06. The summed E-state index contributed by atoms with van der Waals surface area (Å²) in [4.78, 5) is 13.1. The Labute approximate surface area is 116 Å². The first kappa shape index (κ1) is 12.9. The molecule has 0 N–H and O–H groups in total. The van der Waals surface area contributed by atoms with Gasteiger partial charge >= 0.3 is 0 Å². The zero-order chi connectivity index (χ0) is 13.6. The molecule has 1 fully saturated rings. The number of benzene rings is 1. The van der Waals surface area contributed by atoms with Crippen molar-refractivity contribution in [2.24, 2.45) is 5.41 Å². The highest BCUT2D eigenvalue weighted by atomic mass is 16.1. The molecule has 0 amide bonds. The number of fused-ring (bicyclic) bond motifs is 1. The lowest BCUT2D eigenvalue weighted by molar-refractivity contribution is 0.0747. The third-order valence-electron chi connectivity index (χ3n) is 5.24. The van der Waals surface area contributed by atoms with E-state index >= 15 is 0 Å². The molecule has 3 rings (SSSR count). The van der Waals surface area contributed by atoms with Crippen molar-refractivity contribution in [2.75, 3.05) is 0 Å². The molecule has 0 saturated heterocycles. The van der Waals surface area contributed by atoms with E-state index < -0.39 is 0 Å². The van der Waals surface area contributed by atoms with Gasteiger partial charge in [-0.15, -0.1) is 0 Å². The highest BCUT2D eigenvalue weighted by Gasteiger charge is 2.47. The van der Waals surface area contributed by atoms with Gasteiger partial charge in [-0.05, 0) is 48.8 Å². The number of carbonyl (C=O) groups excluding carboxylic acids is 1. The zero-order valence-electron chi connectivity index (χ0n) is 12.4. The molecule has 0 heterocycles. The minimum Gasteiger partial charge on any atom is -0.294 e. The van der Waals surface area contributed by atoms with Crippen LogP contribution in [0.25, 0.3) is 0 Å². The van der Waals surface area contributed by atoms with Crippen molar-refractivity contribution >= 4 is 5.78 Å². The van der Waals surface area contributed by atoms with Crippen molar-refractivity contribution in [3.63, 3.8) is 0 Å². The quantitative estimate of drug-likeness (QED) is 0.705. The number of aryl methyl sites for hydroxylation is 1. The van der Waals surface area contributed by atoms with Crippen LogP contribution >= 0.6 is 0 Å². The van der Waals surface area contributed by atoms with Crippen LogP contribution < -0.4 is 0 Å². The summed E-state index contributed by atoms with van der Waals surface area (Å²) in [6.07, 6.45) is 7.00. The van der Waals surface area contributed by atoms with Gasteiger partial charge in [0, 0.05) is 11.0 Å². The molecule has 2 aliphatic carbocycles. The summed E-state index contributed by atoms with van der Waals surface area (Å²) in [5.74, 6) is 0.909. The van der Waals surface area contributed by atoms with Crippen LogP contribution in [0.5, 0.6) is 0 Å². The molecule has 0 aromatic heterocycles. The molecular weight excluding hydrogens is 232 g/mol. The minimum absolute atomic E-state index is 0.0314. The number of Topliss-reactive ketones (excluding diaryl/α,β-unsaturated/α-hetero) is 1. The molecule has 1 heteroatoms. The number of ketones is 1. The largest absolute Gasteiger partial charge is 0.294 e. The van der Waals surface area contributed by atoms with Gasteiger partial charge < -0.3 is 0 Å². The van der Waals surface area contributed by atoms with E-state index in [1.165, 1.54) is 36.0 Å². The number of carbonyl (C=O) groups is 1. The second-order valence-corrected chi connectivity index (χ2v) is 6.83. The maximum Gasteiger partial charge on any atom is 0.169 e. The SMILES string of the molecule is Cc1ccc(C(C)C)c2c1CC1(CCCCC1)C2=O. The summed E-state index contributed by atoms with van der Waals surface area (Å²) >= 11 is 0. The van der Waals surface area contributed by atoms with Crippen molar-refractivity contribution in [3.8, 4) is 0 Å². The molecule has 0 unspecified atom stereocenters. The Morgan fingerprint density at radius 1 is 1.11 bits per heavy atom. The van der Waals surface area contributed by atoms with Gasteiger partial charge in [-0.3, -0.25) is 4.79 Å². The Kier molecular flexibility index (Phi) is 3.03. The number of rotatable bonds is 1. The minimum atomic E-state index is -0.0314. The van der Waals surface area contributed by atoms with E-state index in [-0.39, 0.29) is 5.41 Å². The summed E-state index contributed by atoms with van der Waals surface area (Å²) < 4.78 is 0. The lowest BCUT2D eigenvalue weighted by atomic mass is 9.71. The van der Waals surface area contributed by atoms with E-state index in [1.54, 1.807) is 0 Å². The van der Waals surface area contributed by atoms with Crippen LogP contribution in [-0.4, -0.2) is 5.78 Å². The molecule has 0 radical (unpaired) electrons. The fourth-order valence-corrected chi connectivity index (χ4v) is 4.06. The van der Waals surface area contributed by atoms with Crippen LogP contribution in [0.3, 0.4) is 0 Å². The summed E-state index contributed by atoms with van der Waals surface area (Å²) in [7, 11) is 0. The molecule has 1 saturated carbocycles. The molecule has 2 aliphatic rings. The maximum absolute atomic E-state index is 13.1. The Hall–Kier alpha value is -1.11. The van der Waals surface area contributed by atoms with Gasteiger partial charge in [0.15, 0.2) is 5.78 Å². The van der Waals surface area contributed by atoms with E-state index in [9.17, 15) is 4.79 Å². The number of hydrogen-bond donors (Lipinski definition) is 0. The van der Waals surface area contributed by atoms with Gasteiger partial charge in [-0.25, -0.2) is 0 Å². The summed E-state index contributed by atoms with van der Waals surface area (Å²) in [6.45, 7) is 6.56. The molecular formula is C18H24O. The molecule has 0 bridgehead atoms. The fraction of sp³-hybridized carbons (Fsp3) is 0.611. The zero-order valence-corrected chi connectivity index (χ0v) is 12.4. The monoisotopic (exact) mass is 256 g/mol. The Balaban J connectivity index is 2.12. The van der Waals surface area contributed by atoms with E-state index in [4.69, 9.17) is 0 Å². The first-order valence-electron chi connectivity index (χ1n) is 7.72.